The average Bonchev–Trinajstić information content (AvgIpc) is 2.65. The maximum atomic E-state index is 3.53. The molecule has 2 heteroatoms. The lowest BCUT2D eigenvalue weighted by Gasteiger charge is -2.35. The van der Waals surface area contributed by atoms with Gasteiger partial charge in [-0.2, -0.15) is 0 Å². The number of likely N-dealkylation sites (N-methyl/N-ethyl adjacent to an activating group) is 2. The fourth-order valence-corrected chi connectivity index (χ4v) is 3.41. The summed E-state index contributed by atoms with van der Waals surface area (Å²) < 4.78 is 0. The summed E-state index contributed by atoms with van der Waals surface area (Å²) in [7, 11) is 4.35. The van der Waals surface area contributed by atoms with E-state index in [1.54, 1.807) is 0 Å². The Hall–Kier alpha value is -0.860. The first-order valence-corrected chi connectivity index (χ1v) is 6.96. The van der Waals surface area contributed by atoms with Crippen molar-refractivity contribution in [3.8, 4) is 0 Å². The van der Waals surface area contributed by atoms with E-state index in [0.717, 1.165) is 6.54 Å². The van der Waals surface area contributed by atoms with Gasteiger partial charge < -0.3 is 5.32 Å². The van der Waals surface area contributed by atoms with Gasteiger partial charge in [0.1, 0.15) is 0 Å². The van der Waals surface area contributed by atoms with E-state index in [0.29, 0.717) is 17.5 Å². The average molecular weight is 246 g/mol. The van der Waals surface area contributed by atoms with Gasteiger partial charge in [0, 0.05) is 18.6 Å². The van der Waals surface area contributed by atoms with Crippen LogP contribution in [0.25, 0.3) is 0 Å². The Kier molecular flexibility index (Phi) is 4.08. The van der Waals surface area contributed by atoms with Crippen LogP contribution in [0.2, 0.25) is 0 Å². The highest BCUT2D eigenvalue weighted by molar-refractivity contribution is 5.15. The number of benzene rings is 1. The lowest BCUT2D eigenvalue weighted by molar-refractivity contribution is 0.171. The van der Waals surface area contributed by atoms with Crippen LogP contribution in [0.4, 0.5) is 0 Å². The van der Waals surface area contributed by atoms with Crippen LogP contribution in [0.5, 0.6) is 0 Å². The monoisotopic (exact) mass is 246 g/mol. The first-order valence-electron chi connectivity index (χ1n) is 6.96. The van der Waals surface area contributed by atoms with Crippen molar-refractivity contribution in [2.75, 3.05) is 14.1 Å². The summed E-state index contributed by atoms with van der Waals surface area (Å²) in [5.41, 5.74) is 1.81. The van der Waals surface area contributed by atoms with E-state index in [-0.39, 0.29) is 0 Å². The molecule has 1 N–H and O–H groups in total. The molecule has 0 heterocycles. The number of rotatable bonds is 4. The zero-order chi connectivity index (χ0) is 13.2. The number of nitrogens with one attached hydrogen (secondary N) is 1. The van der Waals surface area contributed by atoms with Gasteiger partial charge in [-0.25, -0.2) is 0 Å². The van der Waals surface area contributed by atoms with E-state index < -0.39 is 0 Å². The molecule has 0 spiro atoms. The highest BCUT2D eigenvalue weighted by Gasteiger charge is 2.42. The molecule has 1 aliphatic carbocycles. The van der Waals surface area contributed by atoms with Crippen LogP contribution in [0.1, 0.15) is 32.3 Å². The molecule has 0 aromatic heterocycles. The van der Waals surface area contributed by atoms with Gasteiger partial charge >= 0.3 is 0 Å². The molecule has 0 amide bonds. The van der Waals surface area contributed by atoms with Gasteiger partial charge in [0.05, 0.1) is 0 Å². The Balaban J connectivity index is 2.03. The van der Waals surface area contributed by atoms with Crippen molar-refractivity contribution in [2.24, 2.45) is 5.41 Å². The fourth-order valence-electron chi connectivity index (χ4n) is 3.41. The summed E-state index contributed by atoms with van der Waals surface area (Å²) in [4.78, 5) is 2.51. The second kappa shape index (κ2) is 5.41. The van der Waals surface area contributed by atoms with Crippen LogP contribution in [-0.2, 0) is 6.54 Å². The van der Waals surface area contributed by atoms with E-state index in [9.17, 15) is 0 Å². The van der Waals surface area contributed by atoms with Crippen LogP contribution >= 0.6 is 0 Å². The molecular weight excluding hydrogens is 220 g/mol. The maximum absolute atomic E-state index is 3.53. The second-order valence-corrected chi connectivity index (χ2v) is 6.26. The van der Waals surface area contributed by atoms with Crippen LogP contribution < -0.4 is 5.32 Å². The third-order valence-corrected chi connectivity index (χ3v) is 4.46. The third kappa shape index (κ3) is 2.76. The smallest absolute Gasteiger partial charge is 0.0271 e. The van der Waals surface area contributed by atoms with E-state index >= 15 is 0 Å². The Morgan fingerprint density at radius 1 is 1.28 bits per heavy atom. The molecule has 0 radical (unpaired) electrons. The van der Waals surface area contributed by atoms with Crippen molar-refractivity contribution in [3.05, 3.63) is 35.9 Å². The van der Waals surface area contributed by atoms with Gasteiger partial charge in [0.15, 0.2) is 0 Å². The topological polar surface area (TPSA) is 15.3 Å². The Morgan fingerprint density at radius 3 is 2.56 bits per heavy atom. The van der Waals surface area contributed by atoms with Crippen LogP contribution in [-0.4, -0.2) is 31.1 Å². The van der Waals surface area contributed by atoms with Crippen LogP contribution in [0, 0.1) is 5.41 Å². The number of hydrogen-bond acceptors (Lipinski definition) is 2. The van der Waals surface area contributed by atoms with Crippen molar-refractivity contribution < 1.29 is 0 Å². The molecule has 100 valence electrons. The lowest BCUT2D eigenvalue weighted by atomic mass is 9.86. The van der Waals surface area contributed by atoms with Gasteiger partial charge in [-0.15, -0.1) is 0 Å². The normalized spacial score (nSPS) is 26.7. The van der Waals surface area contributed by atoms with E-state index in [1.807, 2.05) is 0 Å². The molecular formula is C16H26N2. The molecule has 2 rings (SSSR count). The van der Waals surface area contributed by atoms with Gasteiger partial charge in [-0.1, -0.05) is 44.2 Å². The highest BCUT2D eigenvalue weighted by Crippen LogP contribution is 2.39. The maximum Gasteiger partial charge on any atom is 0.0271 e. The minimum atomic E-state index is 0.407. The predicted octanol–water partition coefficient (Wildman–Crippen LogP) is 2.90. The van der Waals surface area contributed by atoms with E-state index in [1.165, 1.54) is 18.4 Å². The first-order chi connectivity index (χ1) is 8.54. The van der Waals surface area contributed by atoms with Crippen molar-refractivity contribution in [1.29, 1.82) is 0 Å². The zero-order valence-corrected chi connectivity index (χ0v) is 12.1. The minimum Gasteiger partial charge on any atom is -0.315 e. The summed E-state index contributed by atoms with van der Waals surface area (Å²) in [6.07, 6.45) is 2.60. The third-order valence-electron chi connectivity index (χ3n) is 4.46. The standard InChI is InChI=1S/C16H26N2/c1-16(2)11-10-14(15(16)17-3)18(4)12-13-8-6-5-7-9-13/h5-9,14-15,17H,10-12H2,1-4H3. The van der Waals surface area contributed by atoms with Gasteiger partial charge in [-0.05, 0) is 37.9 Å². The van der Waals surface area contributed by atoms with Crippen molar-refractivity contribution in [2.45, 2.75) is 45.3 Å². The molecule has 2 atom stereocenters. The van der Waals surface area contributed by atoms with Crippen molar-refractivity contribution >= 4 is 0 Å². The Labute approximate surface area is 111 Å². The predicted molar refractivity (Wildman–Crippen MR) is 77.6 cm³/mol. The highest BCUT2D eigenvalue weighted by atomic mass is 15.2. The molecule has 18 heavy (non-hydrogen) atoms. The second-order valence-electron chi connectivity index (χ2n) is 6.26. The molecule has 0 bridgehead atoms. The van der Waals surface area contributed by atoms with Gasteiger partial charge in [-0.3, -0.25) is 4.90 Å². The largest absolute Gasteiger partial charge is 0.315 e. The Morgan fingerprint density at radius 2 is 1.94 bits per heavy atom. The summed E-state index contributed by atoms with van der Waals surface area (Å²) in [5.74, 6) is 0. The quantitative estimate of drug-likeness (QED) is 0.879. The Bertz CT molecular complexity index is 372. The lowest BCUT2D eigenvalue weighted by Crippen LogP contribution is -2.49. The summed E-state index contributed by atoms with van der Waals surface area (Å²) in [6, 6.07) is 12.0. The molecule has 2 nitrogen and oxygen atoms in total. The van der Waals surface area contributed by atoms with E-state index in [2.05, 4.69) is 68.5 Å². The molecule has 1 saturated carbocycles. The summed E-state index contributed by atoms with van der Waals surface area (Å²) >= 11 is 0. The van der Waals surface area contributed by atoms with Crippen LogP contribution in [0.3, 0.4) is 0 Å². The summed E-state index contributed by atoms with van der Waals surface area (Å²) in [5, 5.41) is 3.53. The molecule has 1 aliphatic rings. The first kappa shape index (κ1) is 13.6. The number of nitrogens with zero attached hydrogens (tertiary/aromatic N) is 1. The molecule has 2 unspecified atom stereocenters. The van der Waals surface area contributed by atoms with Crippen LogP contribution in [0.15, 0.2) is 30.3 Å². The fraction of sp³-hybridized carbons (Fsp3) is 0.625. The van der Waals surface area contributed by atoms with Crippen molar-refractivity contribution in [1.82, 2.24) is 10.2 Å². The number of hydrogen-bond donors (Lipinski definition) is 1. The van der Waals surface area contributed by atoms with E-state index in [4.69, 9.17) is 0 Å². The van der Waals surface area contributed by atoms with Crippen molar-refractivity contribution in [3.63, 3.8) is 0 Å². The molecule has 1 fully saturated rings. The molecule has 0 saturated heterocycles. The van der Waals surface area contributed by atoms with Gasteiger partial charge in [0.25, 0.3) is 0 Å². The zero-order valence-electron chi connectivity index (χ0n) is 12.1. The molecule has 0 aliphatic heterocycles. The van der Waals surface area contributed by atoms with Gasteiger partial charge in [0.2, 0.25) is 0 Å². The molecule has 1 aromatic rings. The SMILES string of the molecule is CNC1C(N(C)Cc2ccccc2)CCC1(C)C. The molecule has 1 aromatic carbocycles. The summed E-state index contributed by atoms with van der Waals surface area (Å²) in [6.45, 7) is 5.80. The minimum absolute atomic E-state index is 0.407.